The monoisotopic (exact) mass is 361 g/mol. The Hall–Kier alpha value is -2.50. The number of benzene rings is 1. The first kappa shape index (κ1) is 16.4. The van der Waals surface area contributed by atoms with E-state index in [0.29, 0.717) is 33.8 Å². The summed E-state index contributed by atoms with van der Waals surface area (Å²) in [6.07, 6.45) is 4.95. The van der Waals surface area contributed by atoms with Gasteiger partial charge in [0.15, 0.2) is 5.75 Å². The van der Waals surface area contributed by atoms with Crippen molar-refractivity contribution in [2.24, 2.45) is 0 Å². The lowest BCUT2D eigenvalue weighted by Crippen LogP contribution is -2.18. The van der Waals surface area contributed by atoms with Crippen LogP contribution in [0.25, 0.3) is 0 Å². The smallest absolute Gasteiger partial charge is 0.251 e. The Morgan fingerprint density at radius 3 is 2.42 bits per heavy atom. The van der Waals surface area contributed by atoms with Crippen LogP contribution >= 0.6 is 23.2 Å². The molecular formula is C17H13Cl2N3O2. The average molecular weight is 362 g/mol. The Bertz CT molecular complexity index is 904. The summed E-state index contributed by atoms with van der Waals surface area (Å²) in [7, 11) is 0. The molecule has 5 nitrogen and oxygen atoms in total. The lowest BCUT2D eigenvalue weighted by Gasteiger charge is -2.12. The zero-order valence-corrected chi connectivity index (χ0v) is 14.0. The summed E-state index contributed by atoms with van der Waals surface area (Å²) in [4.78, 5) is 16.0. The van der Waals surface area contributed by atoms with E-state index < -0.39 is 0 Å². The number of aromatic nitrogens is 2. The fraction of sp³-hybridized carbons (Fsp3) is 0.0588. The molecule has 1 aromatic carbocycles. The predicted molar refractivity (Wildman–Crippen MR) is 95.0 cm³/mol. The Morgan fingerprint density at radius 2 is 1.75 bits per heavy atom. The van der Waals surface area contributed by atoms with E-state index in [2.05, 4.69) is 4.98 Å². The van der Waals surface area contributed by atoms with Gasteiger partial charge in [-0.2, -0.15) is 0 Å². The molecule has 0 spiro atoms. The molecule has 2 aromatic heterocycles. The van der Waals surface area contributed by atoms with Gasteiger partial charge in [-0.3, -0.25) is 9.78 Å². The number of nitrogens with two attached hydrogens (primary N) is 1. The van der Waals surface area contributed by atoms with Crippen molar-refractivity contribution in [3.63, 3.8) is 0 Å². The minimum Gasteiger partial charge on any atom is -0.453 e. The first-order valence-electron chi connectivity index (χ1n) is 7.05. The van der Waals surface area contributed by atoms with Crippen LogP contribution in [-0.2, 0) is 6.54 Å². The third kappa shape index (κ3) is 3.69. The van der Waals surface area contributed by atoms with Crippen LogP contribution in [0.15, 0.2) is 59.8 Å². The molecule has 2 N–H and O–H groups in total. The maximum Gasteiger partial charge on any atom is 0.251 e. The summed E-state index contributed by atoms with van der Waals surface area (Å²) in [6, 6.07) is 9.77. The van der Waals surface area contributed by atoms with Crippen LogP contribution in [0.4, 0.5) is 5.69 Å². The van der Waals surface area contributed by atoms with Gasteiger partial charge in [0, 0.05) is 24.1 Å². The predicted octanol–water partition coefficient (Wildman–Crippen LogP) is 3.97. The topological polar surface area (TPSA) is 70.1 Å². The minimum absolute atomic E-state index is 0.145. The van der Waals surface area contributed by atoms with Crippen molar-refractivity contribution in [3.05, 3.63) is 81.0 Å². The van der Waals surface area contributed by atoms with Gasteiger partial charge in [0.2, 0.25) is 0 Å². The number of rotatable bonds is 4. The zero-order valence-electron chi connectivity index (χ0n) is 12.4. The molecule has 0 atom stereocenters. The molecule has 3 aromatic rings. The number of nitrogens with zero attached hydrogens (tertiary/aromatic N) is 2. The van der Waals surface area contributed by atoms with E-state index >= 15 is 0 Å². The van der Waals surface area contributed by atoms with E-state index in [1.165, 1.54) is 10.6 Å². The highest BCUT2D eigenvalue weighted by molar-refractivity contribution is 6.37. The second-order valence-corrected chi connectivity index (χ2v) is 5.92. The van der Waals surface area contributed by atoms with Gasteiger partial charge in [-0.15, -0.1) is 0 Å². The SMILES string of the molecule is Nc1cc(Cl)c(Oc2ccc(=O)n(Cc3ccncc3)c2)c(Cl)c1. The van der Waals surface area contributed by atoms with Crippen molar-refractivity contribution in [1.29, 1.82) is 0 Å². The highest BCUT2D eigenvalue weighted by Crippen LogP contribution is 2.37. The molecule has 0 fully saturated rings. The van der Waals surface area contributed by atoms with Crippen LogP contribution in [0, 0.1) is 0 Å². The molecule has 0 aliphatic rings. The molecule has 0 radical (unpaired) electrons. The first-order valence-corrected chi connectivity index (χ1v) is 7.80. The molecule has 0 unspecified atom stereocenters. The van der Waals surface area contributed by atoms with E-state index in [1.807, 2.05) is 12.1 Å². The molecule has 2 heterocycles. The quantitative estimate of drug-likeness (QED) is 0.713. The van der Waals surface area contributed by atoms with Gasteiger partial charge >= 0.3 is 0 Å². The van der Waals surface area contributed by atoms with Crippen molar-refractivity contribution in [2.45, 2.75) is 6.54 Å². The Kier molecular flexibility index (Phi) is 4.74. The number of hydrogen-bond donors (Lipinski definition) is 1. The number of ether oxygens (including phenoxy) is 1. The van der Waals surface area contributed by atoms with Crippen molar-refractivity contribution in [3.8, 4) is 11.5 Å². The summed E-state index contributed by atoms with van der Waals surface area (Å²) in [5.74, 6) is 0.735. The van der Waals surface area contributed by atoms with E-state index in [4.69, 9.17) is 33.7 Å². The van der Waals surface area contributed by atoms with Gasteiger partial charge in [0.05, 0.1) is 22.8 Å². The number of pyridine rings is 2. The largest absolute Gasteiger partial charge is 0.453 e. The van der Waals surface area contributed by atoms with Gasteiger partial charge in [-0.05, 0) is 35.9 Å². The summed E-state index contributed by atoms with van der Waals surface area (Å²) in [5.41, 5.74) is 6.93. The molecule has 0 aliphatic heterocycles. The molecule has 0 saturated carbocycles. The highest BCUT2D eigenvalue weighted by atomic mass is 35.5. The van der Waals surface area contributed by atoms with E-state index in [0.717, 1.165) is 5.56 Å². The molecule has 24 heavy (non-hydrogen) atoms. The zero-order chi connectivity index (χ0) is 17.1. The molecule has 0 amide bonds. The Balaban J connectivity index is 1.91. The van der Waals surface area contributed by atoms with Gasteiger partial charge in [-0.1, -0.05) is 23.2 Å². The first-order chi connectivity index (χ1) is 11.5. The number of anilines is 1. The van der Waals surface area contributed by atoms with Gasteiger partial charge in [0.25, 0.3) is 5.56 Å². The van der Waals surface area contributed by atoms with Crippen LogP contribution in [-0.4, -0.2) is 9.55 Å². The van der Waals surface area contributed by atoms with Crippen molar-refractivity contribution in [1.82, 2.24) is 9.55 Å². The van der Waals surface area contributed by atoms with Crippen molar-refractivity contribution >= 4 is 28.9 Å². The summed E-state index contributed by atoms with van der Waals surface area (Å²) in [6.45, 7) is 0.405. The summed E-state index contributed by atoms with van der Waals surface area (Å²) >= 11 is 12.2. The molecule has 0 aliphatic carbocycles. The maximum absolute atomic E-state index is 12.0. The third-order valence-electron chi connectivity index (χ3n) is 3.30. The van der Waals surface area contributed by atoms with E-state index in [9.17, 15) is 4.79 Å². The van der Waals surface area contributed by atoms with E-state index in [1.54, 1.807) is 36.8 Å². The molecule has 7 heteroatoms. The van der Waals surface area contributed by atoms with Crippen LogP contribution in [0.5, 0.6) is 11.5 Å². The second kappa shape index (κ2) is 6.95. The normalized spacial score (nSPS) is 10.6. The molecule has 3 rings (SSSR count). The fourth-order valence-electron chi connectivity index (χ4n) is 2.17. The maximum atomic E-state index is 12.0. The minimum atomic E-state index is -0.145. The van der Waals surface area contributed by atoms with Crippen LogP contribution < -0.4 is 16.0 Å². The van der Waals surface area contributed by atoms with Gasteiger partial charge in [-0.25, -0.2) is 0 Å². The van der Waals surface area contributed by atoms with Gasteiger partial charge in [0.1, 0.15) is 5.75 Å². The van der Waals surface area contributed by atoms with E-state index in [-0.39, 0.29) is 5.56 Å². The molecule has 0 bridgehead atoms. The van der Waals surface area contributed by atoms with Crippen molar-refractivity contribution < 1.29 is 4.74 Å². The van der Waals surface area contributed by atoms with Crippen LogP contribution in [0.2, 0.25) is 10.0 Å². The summed E-state index contributed by atoms with van der Waals surface area (Å²) in [5, 5.41) is 0.596. The van der Waals surface area contributed by atoms with Crippen molar-refractivity contribution in [2.75, 3.05) is 5.73 Å². The summed E-state index contributed by atoms with van der Waals surface area (Å²) < 4.78 is 7.27. The van der Waals surface area contributed by atoms with Crippen LogP contribution in [0.3, 0.4) is 0 Å². The number of halogens is 2. The lowest BCUT2D eigenvalue weighted by molar-refractivity contribution is 0.475. The second-order valence-electron chi connectivity index (χ2n) is 5.10. The fourth-order valence-corrected chi connectivity index (χ4v) is 2.75. The average Bonchev–Trinajstić information content (AvgIpc) is 2.55. The van der Waals surface area contributed by atoms with Crippen LogP contribution in [0.1, 0.15) is 5.56 Å². The Morgan fingerprint density at radius 1 is 1.08 bits per heavy atom. The molecule has 122 valence electrons. The lowest BCUT2D eigenvalue weighted by atomic mass is 10.2. The van der Waals surface area contributed by atoms with Gasteiger partial charge < -0.3 is 15.0 Å². The Labute approximate surface area is 148 Å². The highest BCUT2D eigenvalue weighted by Gasteiger charge is 2.11. The third-order valence-corrected chi connectivity index (χ3v) is 3.86. The standard InChI is InChI=1S/C17H13Cl2N3O2/c18-14-7-12(20)8-15(19)17(14)24-13-1-2-16(23)22(10-13)9-11-3-5-21-6-4-11/h1-8,10H,9,20H2. The number of nitrogen functional groups attached to an aromatic ring is 1. The number of hydrogen-bond acceptors (Lipinski definition) is 4. The molecule has 0 saturated heterocycles. The molecular weight excluding hydrogens is 349 g/mol.